The summed E-state index contributed by atoms with van der Waals surface area (Å²) in [6, 6.07) is 7.81. The number of nitrogens with zero attached hydrogens (tertiary/aromatic N) is 4. The lowest BCUT2D eigenvalue weighted by molar-refractivity contribution is 0.885. The molecule has 4 heteroatoms. The van der Waals surface area contributed by atoms with Crippen molar-refractivity contribution in [1.29, 1.82) is 21.0 Å². The van der Waals surface area contributed by atoms with Gasteiger partial charge < -0.3 is 0 Å². The standard InChI is InChI=1S/2C5H6N2/c2*6-4-2-1-3-5-7/h2*1-3H2. The fourth-order valence-corrected chi connectivity index (χ4v) is 0.493. The van der Waals surface area contributed by atoms with Gasteiger partial charge in [0.1, 0.15) is 0 Å². The van der Waals surface area contributed by atoms with Crippen LogP contribution in [-0.2, 0) is 0 Å². The van der Waals surface area contributed by atoms with E-state index in [1.165, 1.54) is 0 Å². The maximum absolute atomic E-state index is 7.93. The molecular weight excluding hydrogens is 176 g/mol. The molecule has 0 atom stereocenters. The molecule has 14 heavy (non-hydrogen) atoms. The predicted molar refractivity (Wildman–Crippen MR) is 50.2 cm³/mol. The SMILES string of the molecule is N#CCCCC#N.N#CCCCC#N. The second-order valence-electron chi connectivity index (χ2n) is 2.34. The summed E-state index contributed by atoms with van der Waals surface area (Å²) in [6.07, 6.45) is 3.46. The lowest BCUT2D eigenvalue weighted by Gasteiger charge is -1.75. The Morgan fingerprint density at radius 2 is 0.714 bits per heavy atom. The van der Waals surface area contributed by atoms with E-state index in [9.17, 15) is 0 Å². The summed E-state index contributed by atoms with van der Waals surface area (Å²) < 4.78 is 0. The number of hydrogen-bond donors (Lipinski definition) is 0. The first-order chi connectivity index (χ1) is 6.83. The molecule has 0 unspecified atom stereocenters. The minimum Gasteiger partial charge on any atom is -0.198 e. The average molecular weight is 188 g/mol. The van der Waals surface area contributed by atoms with E-state index in [1.807, 2.05) is 24.3 Å². The van der Waals surface area contributed by atoms with Crippen LogP contribution in [0.4, 0.5) is 0 Å². The highest BCUT2D eigenvalue weighted by molar-refractivity contribution is 4.75. The summed E-state index contributed by atoms with van der Waals surface area (Å²) >= 11 is 0. The summed E-state index contributed by atoms with van der Waals surface area (Å²) in [6.45, 7) is 0. The molecule has 0 aromatic rings. The van der Waals surface area contributed by atoms with Crippen molar-refractivity contribution in [2.45, 2.75) is 38.5 Å². The third-order valence-electron chi connectivity index (χ3n) is 1.15. The highest BCUT2D eigenvalue weighted by Gasteiger charge is 1.79. The van der Waals surface area contributed by atoms with Crippen molar-refractivity contribution >= 4 is 0 Å². The maximum atomic E-state index is 7.93. The molecule has 0 aliphatic rings. The minimum absolute atomic E-state index is 0.508. The van der Waals surface area contributed by atoms with Crippen LogP contribution >= 0.6 is 0 Å². The van der Waals surface area contributed by atoms with Gasteiger partial charge in [-0.3, -0.25) is 0 Å². The second-order valence-corrected chi connectivity index (χ2v) is 2.34. The van der Waals surface area contributed by atoms with Crippen LogP contribution in [0, 0.1) is 45.3 Å². The Bertz CT molecular complexity index is 210. The zero-order valence-corrected chi connectivity index (χ0v) is 8.03. The zero-order chi connectivity index (χ0) is 11.1. The van der Waals surface area contributed by atoms with Gasteiger partial charge in [-0.2, -0.15) is 21.0 Å². The summed E-state index contributed by atoms with van der Waals surface area (Å²) in [5.41, 5.74) is 0. The fraction of sp³-hybridized carbons (Fsp3) is 0.600. The van der Waals surface area contributed by atoms with E-state index in [-0.39, 0.29) is 0 Å². The predicted octanol–water partition coefficient (Wildman–Crippen LogP) is 2.41. The number of rotatable bonds is 4. The van der Waals surface area contributed by atoms with E-state index in [0.29, 0.717) is 38.5 Å². The summed E-state index contributed by atoms with van der Waals surface area (Å²) in [7, 11) is 0. The van der Waals surface area contributed by atoms with Crippen LogP contribution in [-0.4, -0.2) is 0 Å². The molecular formula is C10H12N4. The van der Waals surface area contributed by atoms with Gasteiger partial charge in [-0.25, -0.2) is 0 Å². The van der Waals surface area contributed by atoms with Crippen molar-refractivity contribution in [3.63, 3.8) is 0 Å². The van der Waals surface area contributed by atoms with E-state index in [1.54, 1.807) is 0 Å². The van der Waals surface area contributed by atoms with E-state index in [2.05, 4.69) is 0 Å². The lowest BCUT2D eigenvalue weighted by Crippen LogP contribution is -1.65. The number of unbranched alkanes of at least 4 members (excludes halogenated alkanes) is 4. The van der Waals surface area contributed by atoms with Crippen molar-refractivity contribution in [3.05, 3.63) is 0 Å². The molecule has 0 fully saturated rings. The van der Waals surface area contributed by atoms with Gasteiger partial charge in [0, 0.05) is 25.7 Å². The van der Waals surface area contributed by atoms with E-state index in [4.69, 9.17) is 21.0 Å². The first kappa shape index (κ1) is 14.5. The molecule has 0 aromatic heterocycles. The smallest absolute Gasteiger partial charge is 0.0622 e. The van der Waals surface area contributed by atoms with Crippen LogP contribution in [0.5, 0.6) is 0 Å². The van der Waals surface area contributed by atoms with Gasteiger partial charge in [0.05, 0.1) is 24.3 Å². The average Bonchev–Trinajstić information content (AvgIpc) is 2.21. The molecule has 0 heterocycles. The van der Waals surface area contributed by atoms with E-state index in [0.717, 1.165) is 0 Å². The van der Waals surface area contributed by atoms with Crippen LogP contribution in [0.3, 0.4) is 0 Å². The molecule has 72 valence electrons. The Kier molecular flexibility index (Phi) is 17.8. The van der Waals surface area contributed by atoms with Crippen molar-refractivity contribution in [2.24, 2.45) is 0 Å². The maximum Gasteiger partial charge on any atom is 0.0622 e. The number of nitriles is 4. The first-order valence-corrected chi connectivity index (χ1v) is 4.31. The van der Waals surface area contributed by atoms with Crippen LogP contribution < -0.4 is 0 Å². The number of hydrogen-bond acceptors (Lipinski definition) is 4. The Hall–Kier alpha value is -2.04. The topological polar surface area (TPSA) is 95.2 Å². The largest absolute Gasteiger partial charge is 0.198 e. The van der Waals surface area contributed by atoms with Gasteiger partial charge in [0.2, 0.25) is 0 Å². The molecule has 0 radical (unpaired) electrons. The molecule has 0 saturated heterocycles. The van der Waals surface area contributed by atoms with Crippen LogP contribution in [0.2, 0.25) is 0 Å². The molecule has 0 N–H and O–H groups in total. The van der Waals surface area contributed by atoms with Gasteiger partial charge in [0.25, 0.3) is 0 Å². The van der Waals surface area contributed by atoms with Gasteiger partial charge >= 0.3 is 0 Å². The molecule has 0 aromatic carbocycles. The molecule has 0 rings (SSSR count). The molecule has 0 bridgehead atoms. The van der Waals surface area contributed by atoms with Gasteiger partial charge in [0.15, 0.2) is 0 Å². The molecule has 0 aliphatic heterocycles. The van der Waals surface area contributed by atoms with Gasteiger partial charge in [-0.1, -0.05) is 0 Å². The second kappa shape index (κ2) is 17.2. The molecule has 4 nitrogen and oxygen atoms in total. The Balaban J connectivity index is 0. The van der Waals surface area contributed by atoms with Crippen LogP contribution in [0.15, 0.2) is 0 Å². The quantitative estimate of drug-likeness (QED) is 0.633. The minimum atomic E-state index is 0.508. The lowest BCUT2D eigenvalue weighted by atomic mass is 10.3. The monoisotopic (exact) mass is 188 g/mol. The Labute approximate surface area is 84.6 Å². The Morgan fingerprint density at radius 1 is 0.500 bits per heavy atom. The normalized spacial score (nSPS) is 6.57. The van der Waals surface area contributed by atoms with Gasteiger partial charge in [-0.15, -0.1) is 0 Å². The van der Waals surface area contributed by atoms with E-state index >= 15 is 0 Å². The fourth-order valence-electron chi connectivity index (χ4n) is 0.493. The highest BCUT2D eigenvalue weighted by Crippen LogP contribution is 1.89. The molecule has 0 amide bonds. The molecule has 0 saturated carbocycles. The van der Waals surface area contributed by atoms with E-state index < -0.39 is 0 Å². The molecule has 0 spiro atoms. The van der Waals surface area contributed by atoms with Crippen molar-refractivity contribution in [2.75, 3.05) is 0 Å². The van der Waals surface area contributed by atoms with Crippen molar-refractivity contribution in [3.8, 4) is 24.3 Å². The zero-order valence-electron chi connectivity index (χ0n) is 8.03. The van der Waals surface area contributed by atoms with Crippen molar-refractivity contribution in [1.82, 2.24) is 0 Å². The third kappa shape index (κ3) is 22.5. The third-order valence-corrected chi connectivity index (χ3v) is 1.15. The van der Waals surface area contributed by atoms with Crippen molar-refractivity contribution < 1.29 is 0 Å². The summed E-state index contributed by atoms with van der Waals surface area (Å²) in [4.78, 5) is 0. The van der Waals surface area contributed by atoms with Gasteiger partial charge in [-0.05, 0) is 12.8 Å². The first-order valence-electron chi connectivity index (χ1n) is 4.31. The summed E-state index contributed by atoms with van der Waals surface area (Å²) in [5.74, 6) is 0. The van der Waals surface area contributed by atoms with Crippen LogP contribution in [0.25, 0.3) is 0 Å². The highest BCUT2D eigenvalue weighted by atomic mass is 14.2. The molecule has 0 aliphatic carbocycles. The van der Waals surface area contributed by atoms with Crippen LogP contribution in [0.1, 0.15) is 38.5 Å². The Morgan fingerprint density at radius 3 is 0.857 bits per heavy atom. The summed E-state index contributed by atoms with van der Waals surface area (Å²) in [5, 5.41) is 31.7.